The second-order valence-electron chi connectivity index (χ2n) is 4.45. The molecule has 3 nitrogen and oxygen atoms in total. The van der Waals surface area contributed by atoms with Gasteiger partial charge in [-0.25, -0.2) is 0 Å². The van der Waals surface area contributed by atoms with E-state index < -0.39 is 0 Å². The Kier molecular flexibility index (Phi) is 2.64. The predicted molar refractivity (Wildman–Crippen MR) is 74.4 cm³/mol. The lowest BCUT2D eigenvalue weighted by Crippen LogP contribution is -2.16. The number of benzene rings is 2. The Hall–Kier alpha value is -2.13. The molecule has 0 amide bonds. The lowest BCUT2D eigenvalue weighted by Gasteiger charge is -2.02. The second-order valence-corrected chi connectivity index (χ2v) is 4.88. The Morgan fingerprint density at radius 2 is 1.79 bits per heavy atom. The van der Waals surface area contributed by atoms with E-state index in [-0.39, 0.29) is 11.5 Å². The van der Waals surface area contributed by atoms with E-state index in [9.17, 15) is 10.0 Å². The van der Waals surface area contributed by atoms with Gasteiger partial charge in [-0.05, 0) is 36.8 Å². The molecular weight excluding hydrogens is 262 g/mol. The van der Waals surface area contributed by atoms with Gasteiger partial charge in [0.15, 0.2) is 0 Å². The van der Waals surface area contributed by atoms with Crippen molar-refractivity contribution in [2.75, 3.05) is 0 Å². The summed E-state index contributed by atoms with van der Waals surface area (Å²) in [6.45, 7) is 1.83. The van der Waals surface area contributed by atoms with E-state index in [1.54, 1.807) is 36.4 Å². The maximum absolute atomic E-state index is 12.4. The Morgan fingerprint density at radius 3 is 2.42 bits per heavy atom. The van der Waals surface area contributed by atoms with Gasteiger partial charge in [0.05, 0.1) is 5.56 Å². The fourth-order valence-electron chi connectivity index (χ4n) is 2.30. The maximum atomic E-state index is 12.4. The van der Waals surface area contributed by atoms with Crippen LogP contribution in [0.15, 0.2) is 42.5 Å². The molecule has 0 saturated carbocycles. The van der Waals surface area contributed by atoms with Crippen molar-refractivity contribution in [2.45, 2.75) is 6.92 Å². The molecule has 3 rings (SSSR count). The quantitative estimate of drug-likeness (QED) is 0.589. The van der Waals surface area contributed by atoms with E-state index in [0.29, 0.717) is 26.6 Å². The van der Waals surface area contributed by atoms with Crippen LogP contribution in [-0.4, -0.2) is 16.2 Å². The van der Waals surface area contributed by atoms with E-state index >= 15 is 0 Å². The monoisotopic (exact) mass is 271 g/mol. The Bertz CT molecular complexity index is 717. The second kappa shape index (κ2) is 4.21. The standard InChI is InChI=1S/C15H10ClNO2/c1-9-3-2-4-12-13(9)15(18)14(17(12)19)10-5-7-11(16)8-6-10/h2-8H,1H3. The van der Waals surface area contributed by atoms with E-state index in [1.165, 1.54) is 0 Å². The third kappa shape index (κ3) is 1.74. The molecule has 4 heteroatoms. The van der Waals surface area contributed by atoms with Crippen molar-refractivity contribution in [3.05, 3.63) is 69.4 Å². The molecule has 0 atom stereocenters. The lowest BCUT2D eigenvalue weighted by atomic mass is 9.99. The highest BCUT2D eigenvalue weighted by Gasteiger charge is 2.37. The number of Topliss-reactive ketones (excluding diaryl/α,β-unsaturated/α-hetero) is 1. The highest BCUT2D eigenvalue weighted by molar-refractivity contribution is 6.52. The first kappa shape index (κ1) is 11.9. The van der Waals surface area contributed by atoms with Gasteiger partial charge in [0, 0.05) is 11.1 Å². The first-order valence-electron chi connectivity index (χ1n) is 5.84. The topological polar surface area (TPSA) is 43.1 Å². The molecule has 1 aliphatic heterocycles. The Balaban J connectivity index is 2.20. The minimum absolute atomic E-state index is 0.154. The molecule has 1 heterocycles. The average Bonchev–Trinajstić information content (AvgIpc) is 2.65. The van der Waals surface area contributed by atoms with Gasteiger partial charge in [-0.2, -0.15) is 4.74 Å². The van der Waals surface area contributed by atoms with Crippen molar-refractivity contribution in [3.8, 4) is 0 Å². The number of carbonyl (C=O) groups excluding carboxylic acids is 1. The van der Waals surface area contributed by atoms with Crippen LogP contribution in [0.3, 0.4) is 0 Å². The van der Waals surface area contributed by atoms with Crippen LogP contribution < -0.4 is 0 Å². The van der Waals surface area contributed by atoms with Crippen LogP contribution in [-0.2, 0) is 0 Å². The Morgan fingerprint density at radius 1 is 1.11 bits per heavy atom. The number of rotatable bonds is 1. The van der Waals surface area contributed by atoms with E-state index in [4.69, 9.17) is 11.6 Å². The predicted octanol–water partition coefficient (Wildman–Crippen LogP) is 3.48. The zero-order valence-corrected chi connectivity index (χ0v) is 10.9. The lowest BCUT2D eigenvalue weighted by molar-refractivity contribution is -0.355. The van der Waals surface area contributed by atoms with Gasteiger partial charge in [-0.15, -0.1) is 0 Å². The third-order valence-corrected chi connectivity index (χ3v) is 3.48. The van der Waals surface area contributed by atoms with Crippen molar-refractivity contribution in [1.82, 2.24) is 0 Å². The summed E-state index contributed by atoms with van der Waals surface area (Å²) in [7, 11) is 0. The highest BCUT2D eigenvalue weighted by atomic mass is 35.5. The van der Waals surface area contributed by atoms with Gasteiger partial charge in [-0.3, -0.25) is 4.79 Å². The maximum Gasteiger partial charge on any atom is 0.272 e. The number of ketones is 1. The van der Waals surface area contributed by atoms with Crippen LogP contribution >= 0.6 is 11.6 Å². The van der Waals surface area contributed by atoms with Gasteiger partial charge in [-0.1, -0.05) is 23.7 Å². The van der Waals surface area contributed by atoms with Crippen LogP contribution in [0.1, 0.15) is 21.5 Å². The van der Waals surface area contributed by atoms with Crippen molar-refractivity contribution in [2.24, 2.45) is 0 Å². The molecule has 0 N–H and O–H groups in total. The first-order chi connectivity index (χ1) is 9.09. The average molecular weight is 272 g/mol. The zero-order chi connectivity index (χ0) is 13.6. The van der Waals surface area contributed by atoms with E-state index in [1.807, 2.05) is 13.0 Å². The number of fused-ring (bicyclic) bond motifs is 1. The summed E-state index contributed by atoms with van der Waals surface area (Å²) in [5.74, 6) is -0.231. The van der Waals surface area contributed by atoms with E-state index in [0.717, 1.165) is 5.56 Å². The number of carbonyl (C=O) groups is 1. The molecule has 94 valence electrons. The van der Waals surface area contributed by atoms with E-state index in [2.05, 4.69) is 0 Å². The van der Waals surface area contributed by atoms with Crippen molar-refractivity contribution in [3.63, 3.8) is 0 Å². The van der Waals surface area contributed by atoms with Gasteiger partial charge >= 0.3 is 0 Å². The van der Waals surface area contributed by atoms with Crippen LogP contribution in [0.5, 0.6) is 0 Å². The third-order valence-electron chi connectivity index (χ3n) is 3.23. The van der Waals surface area contributed by atoms with Gasteiger partial charge in [0.25, 0.3) is 11.5 Å². The SMILES string of the molecule is Cc1cccc2c1C(=O)C(c1ccc(Cl)cc1)=[N+]2[O-]. The molecule has 2 aromatic carbocycles. The molecule has 0 saturated heterocycles. The molecule has 0 fully saturated rings. The minimum atomic E-state index is -0.231. The van der Waals surface area contributed by atoms with Gasteiger partial charge in [0.2, 0.25) is 5.69 Å². The minimum Gasteiger partial charge on any atom is -0.618 e. The summed E-state index contributed by atoms with van der Waals surface area (Å²) in [5, 5.41) is 12.8. The smallest absolute Gasteiger partial charge is 0.272 e. The summed E-state index contributed by atoms with van der Waals surface area (Å²) < 4.78 is 0.702. The molecule has 0 radical (unpaired) electrons. The summed E-state index contributed by atoms with van der Waals surface area (Å²) in [6, 6.07) is 12.0. The molecule has 0 bridgehead atoms. The first-order valence-corrected chi connectivity index (χ1v) is 6.22. The molecule has 2 aromatic rings. The van der Waals surface area contributed by atoms with Gasteiger partial charge < -0.3 is 5.21 Å². The number of nitrogens with zero attached hydrogens (tertiary/aromatic N) is 1. The van der Waals surface area contributed by atoms with Crippen LogP contribution in [0.25, 0.3) is 0 Å². The largest absolute Gasteiger partial charge is 0.618 e. The summed E-state index contributed by atoms with van der Waals surface area (Å²) in [4.78, 5) is 12.4. The van der Waals surface area contributed by atoms with Crippen LogP contribution in [0.2, 0.25) is 5.02 Å². The van der Waals surface area contributed by atoms with Crippen LogP contribution in [0, 0.1) is 12.1 Å². The molecule has 0 aromatic heterocycles. The highest BCUT2D eigenvalue weighted by Crippen LogP contribution is 2.30. The van der Waals surface area contributed by atoms with Crippen molar-refractivity contribution in [1.29, 1.82) is 0 Å². The molecule has 19 heavy (non-hydrogen) atoms. The normalized spacial score (nSPS) is 13.9. The van der Waals surface area contributed by atoms with Gasteiger partial charge in [0.1, 0.15) is 5.56 Å². The summed E-state index contributed by atoms with van der Waals surface area (Å²) >= 11 is 5.82. The fourth-order valence-corrected chi connectivity index (χ4v) is 2.43. The summed E-state index contributed by atoms with van der Waals surface area (Å²) in [6.07, 6.45) is 0. The molecular formula is C15H10ClNO2. The molecule has 0 spiro atoms. The number of hydrogen-bond acceptors (Lipinski definition) is 2. The van der Waals surface area contributed by atoms with Crippen molar-refractivity contribution < 1.29 is 9.53 Å². The van der Waals surface area contributed by atoms with Crippen LogP contribution in [0.4, 0.5) is 5.69 Å². The summed E-state index contributed by atoms with van der Waals surface area (Å²) in [5.41, 5.74) is 2.45. The fraction of sp³-hybridized carbons (Fsp3) is 0.0667. The molecule has 0 unspecified atom stereocenters. The molecule has 0 aliphatic carbocycles. The number of halogens is 1. The number of aryl methyl sites for hydroxylation is 1. The van der Waals surface area contributed by atoms with Crippen molar-refractivity contribution >= 4 is 28.8 Å². The Labute approximate surface area is 115 Å². The number of hydrogen-bond donors (Lipinski definition) is 0. The molecule has 1 aliphatic rings. The zero-order valence-electron chi connectivity index (χ0n) is 10.2.